The molecule has 0 saturated carbocycles. The van der Waals surface area contributed by atoms with Gasteiger partial charge < -0.3 is 9.84 Å². The van der Waals surface area contributed by atoms with Crippen LogP contribution in [0.15, 0.2) is 22.7 Å². The zero-order valence-electron chi connectivity index (χ0n) is 7.57. The zero-order chi connectivity index (χ0) is 11.0. The van der Waals surface area contributed by atoms with Crippen LogP contribution in [-0.2, 0) is 16.0 Å². The minimum atomic E-state index is -1.11. The molecule has 0 radical (unpaired) electrons. The number of rotatable bonds is 1. The van der Waals surface area contributed by atoms with Gasteiger partial charge in [0.15, 0.2) is 0 Å². The maximum absolute atomic E-state index is 11.4. The van der Waals surface area contributed by atoms with E-state index in [9.17, 15) is 9.59 Å². The van der Waals surface area contributed by atoms with Crippen LogP contribution in [0.3, 0.4) is 0 Å². The van der Waals surface area contributed by atoms with Crippen LogP contribution in [0.5, 0.6) is 0 Å². The van der Waals surface area contributed by atoms with E-state index in [0.717, 1.165) is 4.47 Å². The predicted molar refractivity (Wildman–Crippen MR) is 54.7 cm³/mol. The van der Waals surface area contributed by atoms with E-state index in [2.05, 4.69) is 15.9 Å². The van der Waals surface area contributed by atoms with Crippen LogP contribution in [0.1, 0.15) is 15.9 Å². The van der Waals surface area contributed by atoms with Gasteiger partial charge in [-0.2, -0.15) is 0 Å². The number of hydrogen-bond donors (Lipinski definition) is 1. The number of carbonyl (C=O) groups excluding carboxylic acids is 1. The summed E-state index contributed by atoms with van der Waals surface area (Å²) in [5.74, 6) is -1.69. The van der Waals surface area contributed by atoms with Crippen LogP contribution in [0.2, 0.25) is 0 Å². The predicted octanol–water partition coefficient (Wildman–Crippen LogP) is 1.62. The highest BCUT2D eigenvalue weighted by Gasteiger charge is 2.30. The van der Waals surface area contributed by atoms with Crippen LogP contribution in [0.4, 0.5) is 0 Å². The van der Waals surface area contributed by atoms with Gasteiger partial charge in [0.25, 0.3) is 0 Å². The third-order valence-electron chi connectivity index (χ3n) is 2.22. The number of hydrogen-bond acceptors (Lipinski definition) is 3. The Balaban J connectivity index is 2.41. The highest BCUT2D eigenvalue weighted by Crippen LogP contribution is 2.24. The number of carboxylic acid groups (broad SMARTS) is 1. The van der Waals surface area contributed by atoms with Gasteiger partial charge in [0.1, 0.15) is 0 Å². The minimum absolute atomic E-state index is 0.226. The number of benzene rings is 1. The molecule has 0 amide bonds. The summed E-state index contributed by atoms with van der Waals surface area (Å²) in [5, 5.41) is 8.75. The molecule has 1 aliphatic heterocycles. The third kappa shape index (κ3) is 1.87. The monoisotopic (exact) mass is 270 g/mol. The summed E-state index contributed by atoms with van der Waals surface area (Å²) in [5.41, 5.74) is 1.14. The summed E-state index contributed by atoms with van der Waals surface area (Å²) in [6, 6.07) is 5.14. The first-order valence-corrected chi connectivity index (χ1v) is 5.09. The maximum atomic E-state index is 11.4. The smallest absolute Gasteiger partial charge is 0.345 e. The van der Waals surface area contributed by atoms with Crippen molar-refractivity contribution in [1.82, 2.24) is 0 Å². The molecular weight excluding hydrogens is 264 g/mol. The van der Waals surface area contributed by atoms with Crippen molar-refractivity contribution in [3.05, 3.63) is 33.8 Å². The first-order valence-electron chi connectivity index (χ1n) is 4.30. The number of halogens is 1. The summed E-state index contributed by atoms with van der Waals surface area (Å²) < 4.78 is 5.54. The molecule has 2 rings (SSSR count). The second-order valence-electron chi connectivity index (χ2n) is 3.24. The Morgan fingerprint density at radius 3 is 2.93 bits per heavy atom. The van der Waals surface area contributed by atoms with E-state index in [0.29, 0.717) is 11.1 Å². The van der Waals surface area contributed by atoms with Gasteiger partial charge in [-0.15, -0.1) is 0 Å². The maximum Gasteiger partial charge on any atom is 0.345 e. The lowest BCUT2D eigenvalue weighted by Gasteiger charge is -2.21. The molecule has 0 aliphatic carbocycles. The molecule has 4 nitrogen and oxygen atoms in total. The molecule has 0 aromatic heterocycles. The van der Waals surface area contributed by atoms with E-state index in [-0.39, 0.29) is 6.42 Å². The molecule has 1 aromatic carbocycles. The largest absolute Gasteiger partial charge is 0.478 e. The molecule has 1 N–H and O–H groups in total. The van der Waals surface area contributed by atoms with Crippen LogP contribution in [-0.4, -0.2) is 23.1 Å². The Morgan fingerprint density at radius 1 is 1.53 bits per heavy atom. The zero-order valence-corrected chi connectivity index (χ0v) is 9.15. The second kappa shape index (κ2) is 3.66. The fourth-order valence-electron chi connectivity index (χ4n) is 1.49. The summed E-state index contributed by atoms with van der Waals surface area (Å²) in [7, 11) is 0. The average molecular weight is 271 g/mol. The number of ether oxygens (including phenoxy) is 1. The Kier molecular flexibility index (Phi) is 2.48. The van der Waals surface area contributed by atoms with Crippen LogP contribution in [0.25, 0.3) is 0 Å². The highest BCUT2D eigenvalue weighted by atomic mass is 79.9. The summed E-state index contributed by atoms with van der Waals surface area (Å²) in [6.45, 7) is 0. The van der Waals surface area contributed by atoms with Gasteiger partial charge in [0.2, 0.25) is 6.10 Å². The molecule has 5 heteroatoms. The molecule has 0 fully saturated rings. The molecule has 0 bridgehead atoms. The van der Waals surface area contributed by atoms with E-state index >= 15 is 0 Å². The quantitative estimate of drug-likeness (QED) is 0.788. The van der Waals surface area contributed by atoms with E-state index in [1.54, 1.807) is 18.2 Å². The van der Waals surface area contributed by atoms with E-state index in [4.69, 9.17) is 9.84 Å². The van der Waals surface area contributed by atoms with Crippen molar-refractivity contribution in [2.24, 2.45) is 0 Å². The fourth-order valence-corrected chi connectivity index (χ4v) is 1.85. The van der Waals surface area contributed by atoms with Crippen molar-refractivity contribution < 1.29 is 19.4 Å². The third-order valence-corrected chi connectivity index (χ3v) is 2.72. The molecule has 0 unspecified atom stereocenters. The first kappa shape index (κ1) is 10.2. The number of carboxylic acids is 1. The van der Waals surface area contributed by atoms with E-state index in [1.165, 1.54) is 0 Å². The highest BCUT2D eigenvalue weighted by molar-refractivity contribution is 9.10. The minimum Gasteiger partial charge on any atom is -0.478 e. The standard InChI is InChI=1S/C10H7BrO4/c11-6-2-1-5-3-8(9(12)13)15-10(14)7(5)4-6/h1-2,4,8H,3H2,(H,12,13)/t8-/m0/s1. The normalized spacial score (nSPS) is 19.3. The van der Waals surface area contributed by atoms with Crippen molar-refractivity contribution in [3.63, 3.8) is 0 Å². The number of carbonyl (C=O) groups is 2. The number of aliphatic carboxylic acids is 1. The lowest BCUT2D eigenvalue weighted by Crippen LogP contribution is -2.34. The molecular formula is C10H7BrO4. The molecule has 15 heavy (non-hydrogen) atoms. The Labute approximate surface area is 94.0 Å². The SMILES string of the molecule is O=C1O[C@H](C(=O)O)Cc2ccc(Br)cc21. The molecule has 78 valence electrons. The van der Waals surface area contributed by atoms with Crippen molar-refractivity contribution in [2.75, 3.05) is 0 Å². The van der Waals surface area contributed by atoms with Gasteiger partial charge >= 0.3 is 11.9 Å². The van der Waals surface area contributed by atoms with Gasteiger partial charge in [-0.3, -0.25) is 0 Å². The van der Waals surface area contributed by atoms with Crippen LogP contribution < -0.4 is 0 Å². The van der Waals surface area contributed by atoms with Crippen LogP contribution in [0, 0.1) is 0 Å². The number of cyclic esters (lactones) is 1. The molecule has 1 atom stereocenters. The second-order valence-corrected chi connectivity index (χ2v) is 4.15. The van der Waals surface area contributed by atoms with Crippen molar-refractivity contribution in [3.8, 4) is 0 Å². The lowest BCUT2D eigenvalue weighted by molar-refractivity contribution is -0.147. The molecule has 0 saturated heterocycles. The lowest BCUT2D eigenvalue weighted by atomic mass is 9.99. The average Bonchev–Trinajstić information content (AvgIpc) is 2.18. The van der Waals surface area contributed by atoms with Gasteiger partial charge in [-0.25, -0.2) is 9.59 Å². The van der Waals surface area contributed by atoms with E-state index < -0.39 is 18.0 Å². The molecule has 1 aromatic rings. The Morgan fingerprint density at radius 2 is 2.27 bits per heavy atom. The number of fused-ring (bicyclic) bond motifs is 1. The topological polar surface area (TPSA) is 63.6 Å². The summed E-state index contributed by atoms with van der Waals surface area (Å²) in [6.07, 6.45) is -0.838. The van der Waals surface area contributed by atoms with Gasteiger partial charge in [-0.1, -0.05) is 22.0 Å². The van der Waals surface area contributed by atoms with Crippen molar-refractivity contribution >= 4 is 27.9 Å². The number of esters is 1. The van der Waals surface area contributed by atoms with Gasteiger partial charge in [0.05, 0.1) is 5.56 Å². The summed E-state index contributed by atoms with van der Waals surface area (Å²) >= 11 is 3.24. The van der Waals surface area contributed by atoms with Crippen molar-refractivity contribution in [1.29, 1.82) is 0 Å². The first-order chi connectivity index (χ1) is 7.08. The van der Waals surface area contributed by atoms with Gasteiger partial charge in [0, 0.05) is 10.9 Å². The molecule has 0 spiro atoms. The Hall–Kier alpha value is -1.36. The van der Waals surface area contributed by atoms with Crippen LogP contribution >= 0.6 is 15.9 Å². The van der Waals surface area contributed by atoms with Crippen molar-refractivity contribution in [2.45, 2.75) is 12.5 Å². The molecule has 1 aliphatic rings. The van der Waals surface area contributed by atoms with Gasteiger partial charge in [-0.05, 0) is 17.7 Å². The fraction of sp³-hybridized carbons (Fsp3) is 0.200. The Bertz CT molecular complexity index is 441. The molecule has 1 heterocycles. The van der Waals surface area contributed by atoms with E-state index in [1.807, 2.05) is 0 Å². The summed E-state index contributed by atoms with van der Waals surface area (Å²) in [4.78, 5) is 22.1.